The number of aliphatic hydroxyl groups is 1. The number of fused-ring (bicyclic) bond motifs is 2. The van der Waals surface area contributed by atoms with E-state index in [1.165, 1.54) is 6.07 Å². The lowest BCUT2D eigenvalue weighted by molar-refractivity contribution is -0.142. The van der Waals surface area contributed by atoms with Gasteiger partial charge < -0.3 is 14.6 Å². The molecule has 0 aromatic heterocycles. The van der Waals surface area contributed by atoms with Crippen LogP contribution in [0.4, 0.5) is 4.39 Å². The highest BCUT2D eigenvalue weighted by atomic mass is 31.1. The maximum absolute atomic E-state index is 15.0. The van der Waals surface area contributed by atoms with Gasteiger partial charge in [-0.2, -0.15) is 0 Å². The van der Waals surface area contributed by atoms with Gasteiger partial charge in [0, 0.05) is 11.1 Å². The first-order valence-corrected chi connectivity index (χ1v) is 13.3. The third kappa shape index (κ3) is 5.92. The molecule has 0 fully saturated rings. The first-order chi connectivity index (χ1) is 16.3. The highest BCUT2D eigenvalue weighted by molar-refractivity contribution is 7.59. The van der Waals surface area contributed by atoms with E-state index in [1.54, 1.807) is 27.7 Å². The number of rotatable bonds is 4. The van der Waals surface area contributed by atoms with Crippen molar-refractivity contribution in [2.24, 2.45) is 0 Å². The number of hydrogen-bond acceptors (Lipinski definition) is 5. The topological polar surface area (TPSA) is 72.8 Å². The van der Waals surface area contributed by atoms with Crippen LogP contribution in [0.5, 0.6) is 5.75 Å². The van der Waals surface area contributed by atoms with Crippen LogP contribution in [0.25, 0.3) is 11.1 Å². The van der Waals surface area contributed by atoms with Crippen LogP contribution >= 0.6 is 8.58 Å². The SMILES string of the molecule is CC(C)(C)O.CCOC(=O)Cc1c(C)c2c(c(C)c1-c1cc(F)c3c(c1C)CCCO3)CPC2=O. The summed E-state index contributed by atoms with van der Waals surface area (Å²) in [4.78, 5) is 25.0. The summed E-state index contributed by atoms with van der Waals surface area (Å²) in [6, 6.07) is 1.53. The number of esters is 1. The summed E-state index contributed by atoms with van der Waals surface area (Å²) in [7, 11) is 0.210. The molecule has 5 nitrogen and oxygen atoms in total. The summed E-state index contributed by atoms with van der Waals surface area (Å²) in [6.45, 7) is 13.7. The zero-order valence-electron chi connectivity index (χ0n) is 21.8. The van der Waals surface area contributed by atoms with Crippen molar-refractivity contribution in [1.29, 1.82) is 0 Å². The molecule has 0 saturated carbocycles. The van der Waals surface area contributed by atoms with Crippen molar-refractivity contribution in [3.8, 4) is 16.9 Å². The Hall–Kier alpha value is -2.30. The first-order valence-electron chi connectivity index (χ1n) is 12.1. The smallest absolute Gasteiger partial charge is 0.310 e. The van der Waals surface area contributed by atoms with Gasteiger partial charge in [-0.15, -0.1) is 0 Å². The molecule has 2 aliphatic heterocycles. The summed E-state index contributed by atoms with van der Waals surface area (Å²) in [5.74, 6) is -0.363. The Kier molecular flexibility index (Phi) is 8.39. The van der Waals surface area contributed by atoms with Gasteiger partial charge in [-0.25, -0.2) is 4.39 Å². The van der Waals surface area contributed by atoms with Crippen LogP contribution in [0.2, 0.25) is 0 Å². The van der Waals surface area contributed by atoms with Gasteiger partial charge in [0.05, 0.1) is 25.2 Å². The molecule has 0 radical (unpaired) electrons. The highest BCUT2D eigenvalue weighted by Crippen LogP contribution is 2.46. The van der Waals surface area contributed by atoms with Gasteiger partial charge >= 0.3 is 5.97 Å². The summed E-state index contributed by atoms with van der Waals surface area (Å²) >= 11 is 0. The second-order valence-electron chi connectivity index (χ2n) is 10.1. The van der Waals surface area contributed by atoms with E-state index in [0.717, 1.165) is 62.9 Å². The van der Waals surface area contributed by atoms with Gasteiger partial charge in [0.15, 0.2) is 17.1 Å². The molecular weight excluding hydrogens is 466 g/mol. The summed E-state index contributed by atoms with van der Waals surface area (Å²) < 4.78 is 25.8. The van der Waals surface area contributed by atoms with Gasteiger partial charge in [0.2, 0.25) is 0 Å². The zero-order chi connectivity index (χ0) is 26.1. The van der Waals surface area contributed by atoms with E-state index in [-0.39, 0.29) is 32.3 Å². The fourth-order valence-corrected chi connectivity index (χ4v) is 6.07. The Morgan fingerprint density at radius 2 is 1.80 bits per heavy atom. The minimum atomic E-state index is -0.500. The van der Waals surface area contributed by atoms with Crippen molar-refractivity contribution in [1.82, 2.24) is 0 Å². The highest BCUT2D eigenvalue weighted by Gasteiger charge is 2.31. The van der Waals surface area contributed by atoms with Crippen LogP contribution in [-0.2, 0) is 28.5 Å². The molecule has 2 aromatic carbocycles. The van der Waals surface area contributed by atoms with Gasteiger partial charge in [-0.1, -0.05) is 0 Å². The van der Waals surface area contributed by atoms with Crippen molar-refractivity contribution >= 4 is 20.1 Å². The summed E-state index contributed by atoms with van der Waals surface area (Å²) in [5.41, 5.74) is 7.49. The summed E-state index contributed by atoms with van der Waals surface area (Å²) in [5, 5.41) is 8.52. The molecule has 7 heteroatoms. The molecule has 0 saturated heterocycles. The van der Waals surface area contributed by atoms with E-state index in [4.69, 9.17) is 14.6 Å². The molecule has 190 valence electrons. The lowest BCUT2D eigenvalue weighted by Crippen LogP contribution is -2.15. The van der Waals surface area contributed by atoms with E-state index < -0.39 is 5.60 Å². The second kappa shape index (κ2) is 10.8. The molecule has 1 N–H and O–H groups in total. The zero-order valence-corrected chi connectivity index (χ0v) is 22.8. The minimum absolute atomic E-state index is 0.0637. The Morgan fingerprint density at radius 1 is 1.14 bits per heavy atom. The van der Waals surface area contributed by atoms with Crippen molar-refractivity contribution in [3.63, 3.8) is 0 Å². The normalized spacial score (nSPS) is 15.2. The van der Waals surface area contributed by atoms with Gasteiger partial charge in [-0.3, -0.25) is 9.59 Å². The van der Waals surface area contributed by atoms with Crippen LogP contribution in [0, 0.1) is 26.6 Å². The van der Waals surface area contributed by atoms with Crippen LogP contribution in [0.1, 0.15) is 77.9 Å². The number of carbonyl (C=O) groups excluding carboxylic acids is 2. The average molecular weight is 503 g/mol. The Bertz CT molecular complexity index is 1160. The Labute approximate surface area is 209 Å². The number of carbonyl (C=O) groups is 2. The quantitative estimate of drug-likeness (QED) is 0.413. The summed E-state index contributed by atoms with van der Waals surface area (Å²) in [6.07, 6.45) is 2.39. The van der Waals surface area contributed by atoms with Gasteiger partial charge in [0.1, 0.15) is 0 Å². The molecular formula is C28H36FO5P. The van der Waals surface area contributed by atoms with Crippen LogP contribution in [0.15, 0.2) is 6.07 Å². The maximum atomic E-state index is 15.0. The van der Waals surface area contributed by atoms with E-state index in [1.807, 2.05) is 20.8 Å². The molecule has 35 heavy (non-hydrogen) atoms. The lowest BCUT2D eigenvalue weighted by Gasteiger charge is -2.25. The molecule has 4 rings (SSSR count). The van der Waals surface area contributed by atoms with E-state index in [9.17, 15) is 9.59 Å². The molecule has 0 amide bonds. The number of halogens is 1. The predicted molar refractivity (Wildman–Crippen MR) is 139 cm³/mol. The number of ether oxygens (including phenoxy) is 2. The largest absolute Gasteiger partial charge is 0.490 e. The van der Waals surface area contributed by atoms with Crippen LogP contribution < -0.4 is 4.74 Å². The van der Waals surface area contributed by atoms with Crippen molar-refractivity contribution in [3.05, 3.63) is 50.8 Å². The molecule has 0 bridgehead atoms. The van der Waals surface area contributed by atoms with E-state index >= 15 is 4.39 Å². The van der Waals surface area contributed by atoms with Crippen LogP contribution in [0.3, 0.4) is 0 Å². The molecule has 0 aliphatic carbocycles. The third-order valence-corrected chi connectivity index (χ3v) is 7.35. The number of hydrogen-bond donors (Lipinski definition) is 1. The standard InChI is InChI=1S/C24H26FO4P.C4H10O/c1-5-28-20(26)10-17-13(3)22-18(11-30-24(22)27)14(4)21(17)16-9-19(25)23-15(12(16)2)7-6-8-29-23;1-4(2,3)5/h9,30H,5-8,10-11H2,1-4H3;5H,1-3H3. The lowest BCUT2D eigenvalue weighted by atomic mass is 9.81. The number of benzene rings is 2. The van der Waals surface area contributed by atoms with E-state index in [0.29, 0.717) is 25.1 Å². The van der Waals surface area contributed by atoms with Crippen molar-refractivity contribution in [2.45, 2.75) is 79.5 Å². The van der Waals surface area contributed by atoms with Crippen LogP contribution in [-0.4, -0.2) is 35.4 Å². The second-order valence-corrected chi connectivity index (χ2v) is 11.2. The Morgan fingerprint density at radius 3 is 2.43 bits per heavy atom. The van der Waals surface area contributed by atoms with Gasteiger partial charge in [0.25, 0.3) is 0 Å². The monoisotopic (exact) mass is 502 g/mol. The fraction of sp³-hybridized carbons (Fsp3) is 0.500. The molecule has 2 aliphatic rings. The van der Waals surface area contributed by atoms with Crippen molar-refractivity contribution in [2.75, 3.05) is 13.2 Å². The average Bonchev–Trinajstić information content (AvgIpc) is 3.16. The minimum Gasteiger partial charge on any atom is -0.490 e. The van der Waals surface area contributed by atoms with Crippen molar-refractivity contribution < 1.29 is 28.6 Å². The molecule has 0 spiro atoms. The maximum Gasteiger partial charge on any atom is 0.310 e. The van der Waals surface area contributed by atoms with E-state index in [2.05, 4.69) is 0 Å². The Balaban J connectivity index is 0.000000623. The van der Waals surface area contributed by atoms with Gasteiger partial charge in [-0.05, 0) is 121 Å². The molecule has 1 atom stereocenters. The molecule has 2 aromatic rings. The first kappa shape index (κ1) is 27.3. The third-order valence-electron chi connectivity index (χ3n) is 6.24. The molecule has 2 heterocycles. The fourth-order valence-electron chi connectivity index (χ4n) is 4.77. The molecule has 1 unspecified atom stereocenters. The predicted octanol–water partition coefficient (Wildman–Crippen LogP) is 5.96.